The molecule has 2 rings (SSSR count). The van der Waals surface area contributed by atoms with E-state index in [-0.39, 0.29) is 5.41 Å². The molecule has 0 aromatic carbocycles. The zero-order chi connectivity index (χ0) is 10.2. The number of aromatic nitrogens is 1. The molecule has 1 aromatic heterocycles. The molecule has 0 unspecified atom stereocenters. The van der Waals surface area contributed by atoms with Crippen molar-refractivity contribution in [2.75, 3.05) is 0 Å². The highest BCUT2D eigenvalue weighted by atomic mass is 32.1. The number of nitrogens with zero attached hydrogens (tertiary/aromatic N) is 1. The fraction of sp³-hybridized carbons (Fsp3) is 0.750. The predicted molar refractivity (Wildman–Crippen MR) is 62.0 cm³/mol. The van der Waals surface area contributed by atoms with Crippen LogP contribution in [0.25, 0.3) is 0 Å². The lowest BCUT2D eigenvalue weighted by Gasteiger charge is -2.14. The maximum Gasteiger partial charge on any atom is 0.0958 e. The number of hydrogen-bond donors (Lipinski definition) is 0. The molecule has 2 heteroatoms. The lowest BCUT2D eigenvalue weighted by molar-refractivity contribution is 0.602. The molecule has 1 fully saturated rings. The van der Waals surface area contributed by atoms with E-state index in [1.165, 1.54) is 35.6 Å². The highest BCUT2D eigenvalue weighted by Gasteiger charge is 2.23. The molecule has 78 valence electrons. The third kappa shape index (κ3) is 2.00. The number of hydrogen-bond acceptors (Lipinski definition) is 2. The number of thiazole rings is 1. The molecule has 0 aliphatic heterocycles. The van der Waals surface area contributed by atoms with Gasteiger partial charge in [-0.15, -0.1) is 11.3 Å². The maximum atomic E-state index is 4.58. The molecule has 0 radical (unpaired) electrons. The zero-order valence-corrected chi connectivity index (χ0v) is 10.2. The van der Waals surface area contributed by atoms with E-state index < -0.39 is 0 Å². The smallest absolute Gasteiger partial charge is 0.0958 e. The summed E-state index contributed by atoms with van der Waals surface area (Å²) in [6.07, 6.45) is 7.59. The normalized spacial score (nSPS) is 19.1. The molecular weight excluding hydrogens is 190 g/mol. The Morgan fingerprint density at radius 2 is 1.93 bits per heavy atom. The van der Waals surface area contributed by atoms with Crippen molar-refractivity contribution in [3.8, 4) is 0 Å². The molecule has 0 saturated heterocycles. The van der Waals surface area contributed by atoms with Gasteiger partial charge in [-0.25, -0.2) is 4.98 Å². The fourth-order valence-electron chi connectivity index (χ4n) is 2.00. The molecule has 0 bridgehead atoms. The van der Waals surface area contributed by atoms with Gasteiger partial charge in [-0.2, -0.15) is 0 Å². The van der Waals surface area contributed by atoms with Crippen molar-refractivity contribution in [3.05, 3.63) is 16.1 Å². The third-order valence-corrected chi connectivity index (χ3v) is 4.55. The van der Waals surface area contributed by atoms with Gasteiger partial charge >= 0.3 is 0 Å². The second-order valence-electron chi connectivity index (χ2n) is 5.29. The van der Waals surface area contributed by atoms with Gasteiger partial charge in [-0.1, -0.05) is 33.6 Å². The lowest BCUT2D eigenvalue weighted by Crippen LogP contribution is -2.07. The van der Waals surface area contributed by atoms with Crippen LogP contribution < -0.4 is 0 Å². The van der Waals surface area contributed by atoms with Crippen molar-refractivity contribution in [3.63, 3.8) is 0 Å². The summed E-state index contributed by atoms with van der Waals surface area (Å²) in [5, 5.41) is 1.38. The van der Waals surface area contributed by atoms with E-state index in [2.05, 4.69) is 32.0 Å². The van der Waals surface area contributed by atoms with Crippen LogP contribution in [0.1, 0.15) is 62.3 Å². The first kappa shape index (κ1) is 10.2. The molecule has 1 saturated carbocycles. The molecule has 1 aromatic rings. The quantitative estimate of drug-likeness (QED) is 0.678. The molecule has 1 heterocycles. The van der Waals surface area contributed by atoms with Gasteiger partial charge in [-0.05, 0) is 18.3 Å². The van der Waals surface area contributed by atoms with Gasteiger partial charge < -0.3 is 0 Å². The summed E-state index contributed by atoms with van der Waals surface area (Å²) in [7, 11) is 0. The van der Waals surface area contributed by atoms with Crippen LogP contribution in [0, 0.1) is 0 Å². The highest BCUT2D eigenvalue weighted by molar-refractivity contribution is 7.11. The first-order valence-electron chi connectivity index (χ1n) is 5.53. The SMILES string of the molecule is CC(C)(C)c1cnc(C2CCCC2)s1. The van der Waals surface area contributed by atoms with Crippen LogP contribution in [0.2, 0.25) is 0 Å². The average molecular weight is 209 g/mol. The van der Waals surface area contributed by atoms with E-state index in [1.807, 2.05) is 11.3 Å². The van der Waals surface area contributed by atoms with Gasteiger partial charge in [0.2, 0.25) is 0 Å². The Hall–Kier alpha value is -0.370. The van der Waals surface area contributed by atoms with Crippen molar-refractivity contribution >= 4 is 11.3 Å². The summed E-state index contributed by atoms with van der Waals surface area (Å²) in [6, 6.07) is 0. The lowest BCUT2D eigenvalue weighted by atomic mass is 9.96. The summed E-state index contributed by atoms with van der Waals surface area (Å²) in [5.41, 5.74) is 0.272. The monoisotopic (exact) mass is 209 g/mol. The van der Waals surface area contributed by atoms with Crippen molar-refractivity contribution in [2.24, 2.45) is 0 Å². The summed E-state index contributed by atoms with van der Waals surface area (Å²) in [6.45, 7) is 6.79. The van der Waals surface area contributed by atoms with E-state index in [1.54, 1.807) is 0 Å². The maximum absolute atomic E-state index is 4.58. The van der Waals surface area contributed by atoms with Gasteiger partial charge in [0.1, 0.15) is 0 Å². The summed E-state index contributed by atoms with van der Waals surface area (Å²) in [5.74, 6) is 0.774. The van der Waals surface area contributed by atoms with E-state index >= 15 is 0 Å². The van der Waals surface area contributed by atoms with E-state index in [9.17, 15) is 0 Å². The largest absolute Gasteiger partial charge is 0.249 e. The van der Waals surface area contributed by atoms with Crippen LogP contribution >= 0.6 is 11.3 Å². The van der Waals surface area contributed by atoms with Crippen LogP contribution in [0.3, 0.4) is 0 Å². The molecule has 14 heavy (non-hydrogen) atoms. The third-order valence-electron chi connectivity index (χ3n) is 2.97. The Bertz CT molecular complexity index is 302. The molecule has 0 atom stereocenters. The van der Waals surface area contributed by atoms with Gasteiger partial charge in [0.15, 0.2) is 0 Å². The van der Waals surface area contributed by atoms with Gasteiger partial charge in [0.25, 0.3) is 0 Å². The van der Waals surface area contributed by atoms with Gasteiger partial charge in [0.05, 0.1) is 5.01 Å². The predicted octanol–water partition coefficient (Wildman–Crippen LogP) is 4.10. The van der Waals surface area contributed by atoms with E-state index in [4.69, 9.17) is 0 Å². The molecule has 0 N–H and O–H groups in total. The van der Waals surface area contributed by atoms with Crippen molar-refractivity contribution < 1.29 is 0 Å². The van der Waals surface area contributed by atoms with Crippen LogP contribution in [0.5, 0.6) is 0 Å². The van der Waals surface area contributed by atoms with Crippen LogP contribution in [-0.4, -0.2) is 4.98 Å². The molecule has 1 aliphatic rings. The Morgan fingerprint density at radius 1 is 1.29 bits per heavy atom. The Labute approximate surface area is 90.6 Å². The van der Waals surface area contributed by atoms with Gasteiger partial charge in [-0.3, -0.25) is 0 Å². The molecular formula is C12H19NS. The second-order valence-corrected chi connectivity index (χ2v) is 6.36. The van der Waals surface area contributed by atoms with Gasteiger partial charge in [0, 0.05) is 17.0 Å². The summed E-state index contributed by atoms with van der Waals surface area (Å²) in [4.78, 5) is 6.01. The minimum absolute atomic E-state index is 0.272. The van der Waals surface area contributed by atoms with E-state index in [0.717, 1.165) is 5.92 Å². The van der Waals surface area contributed by atoms with Crippen LogP contribution in [-0.2, 0) is 5.41 Å². The number of rotatable bonds is 1. The fourth-order valence-corrected chi connectivity index (χ4v) is 3.14. The van der Waals surface area contributed by atoms with Crippen molar-refractivity contribution in [1.82, 2.24) is 4.98 Å². The van der Waals surface area contributed by atoms with Crippen molar-refractivity contribution in [2.45, 2.75) is 57.8 Å². The molecule has 1 nitrogen and oxygen atoms in total. The standard InChI is InChI=1S/C12H19NS/c1-12(2,3)10-8-13-11(14-10)9-6-4-5-7-9/h8-9H,4-7H2,1-3H3. The second kappa shape index (κ2) is 3.65. The molecule has 0 amide bonds. The first-order chi connectivity index (χ1) is 6.57. The van der Waals surface area contributed by atoms with E-state index in [0.29, 0.717) is 0 Å². The minimum atomic E-state index is 0.272. The average Bonchev–Trinajstić information content (AvgIpc) is 2.73. The minimum Gasteiger partial charge on any atom is -0.249 e. The summed E-state index contributed by atoms with van der Waals surface area (Å²) < 4.78 is 0. The first-order valence-corrected chi connectivity index (χ1v) is 6.35. The Balaban J connectivity index is 2.17. The highest BCUT2D eigenvalue weighted by Crippen LogP contribution is 2.38. The van der Waals surface area contributed by atoms with Crippen LogP contribution in [0.4, 0.5) is 0 Å². The van der Waals surface area contributed by atoms with Crippen molar-refractivity contribution in [1.29, 1.82) is 0 Å². The Kier molecular flexibility index (Phi) is 2.65. The topological polar surface area (TPSA) is 12.9 Å². The zero-order valence-electron chi connectivity index (χ0n) is 9.34. The van der Waals surface area contributed by atoms with Crippen LogP contribution in [0.15, 0.2) is 6.20 Å². The molecule has 0 spiro atoms. The summed E-state index contributed by atoms with van der Waals surface area (Å²) >= 11 is 1.93. The molecule has 1 aliphatic carbocycles. The Morgan fingerprint density at radius 3 is 2.43 bits per heavy atom.